The molecule has 0 unspecified atom stereocenters. The van der Waals surface area contributed by atoms with E-state index >= 15 is 0 Å². The van der Waals surface area contributed by atoms with E-state index in [-0.39, 0.29) is 0 Å². The molecular formula is C14H14ClNOS. The van der Waals surface area contributed by atoms with Crippen LogP contribution in [0.25, 0.3) is 0 Å². The molecule has 0 aromatic heterocycles. The molecule has 0 heterocycles. The first-order valence-electron chi connectivity index (χ1n) is 5.50. The van der Waals surface area contributed by atoms with Gasteiger partial charge in [-0.05, 0) is 18.2 Å². The minimum Gasteiger partial charge on any atom is -0.496 e. The molecule has 2 aromatic rings. The maximum Gasteiger partial charge on any atom is 0.124 e. The molecule has 0 aliphatic rings. The number of nitrogen functional groups attached to an aromatic ring is 1. The summed E-state index contributed by atoms with van der Waals surface area (Å²) < 4.78 is 5.32. The summed E-state index contributed by atoms with van der Waals surface area (Å²) in [6.07, 6.45) is 0. The zero-order chi connectivity index (χ0) is 13.0. The molecule has 0 saturated carbocycles. The molecule has 2 N–H and O–H groups in total. The van der Waals surface area contributed by atoms with Crippen LogP contribution in [-0.2, 0) is 5.75 Å². The molecule has 0 radical (unpaired) electrons. The Bertz CT molecular complexity index is 545. The molecule has 4 heteroatoms. The lowest BCUT2D eigenvalue weighted by atomic mass is 10.2. The van der Waals surface area contributed by atoms with Crippen molar-refractivity contribution in [1.82, 2.24) is 0 Å². The summed E-state index contributed by atoms with van der Waals surface area (Å²) in [5.41, 5.74) is 7.54. The van der Waals surface area contributed by atoms with Gasteiger partial charge in [-0.2, -0.15) is 0 Å². The van der Waals surface area contributed by atoms with Gasteiger partial charge in [0.1, 0.15) is 5.75 Å². The number of methoxy groups -OCH3 is 1. The minimum atomic E-state index is 0.707. The highest BCUT2D eigenvalue weighted by Gasteiger charge is 2.06. The Morgan fingerprint density at radius 3 is 2.72 bits per heavy atom. The first-order chi connectivity index (χ1) is 8.70. The summed E-state index contributed by atoms with van der Waals surface area (Å²) in [6, 6.07) is 13.5. The Kier molecular flexibility index (Phi) is 4.39. The van der Waals surface area contributed by atoms with Crippen LogP contribution in [0.3, 0.4) is 0 Å². The third-order valence-corrected chi connectivity index (χ3v) is 4.09. The molecule has 0 saturated heterocycles. The van der Waals surface area contributed by atoms with Gasteiger partial charge in [0.05, 0.1) is 12.1 Å². The standard InChI is InChI=1S/C14H14ClNOS/c1-17-13-8-11(16)7-6-10(13)9-18-14-5-3-2-4-12(14)15/h2-8H,9,16H2,1H3. The maximum atomic E-state index is 6.12. The number of nitrogens with two attached hydrogens (primary N) is 1. The van der Waals surface area contributed by atoms with Crippen molar-refractivity contribution in [1.29, 1.82) is 0 Å². The number of rotatable bonds is 4. The van der Waals surface area contributed by atoms with E-state index in [1.165, 1.54) is 0 Å². The second-order valence-corrected chi connectivity index (χ2v) is 5.21. The summed E-state index contributed by atoms with van der Waals surface area (Å²) >= 11 is 7.80. The van der Waals surface area contributed by atoms with Crippen LogP contribution in [0, 0.1) is 0 Å². The highest BCUT2D eigenvalue weighted by molar-refractivity contribution is 7.98. The predicted molar refractivity (Wildman–Crippen MR) is 78.4 cm³/mol. The van der Waals surface area contributed by atoms with Crippen molar-refractivity contribution in [3.05, 3.63) is 53.1 Å². The smallest absolute Gasteiger partial charge is 0.124 e. The average Bonchev–Trinajstić information content (AvgIpc) is 2.39. The van der Waals surface area contributed by atoms with Crippen LogP contribution in [-0.4, -0.2) is 7.11 Å². The number of anilines is 1. The van der Waals surface area contributed by atoms with E-state index in [0.717, 1.165) is 27.0 Å². The predicted octanol–water partition coefficient (Wildman–Crippen LogP) is 4.22. The Morgan fingerprint density at radius 1 is 1.22 bits per heavy atom. The van der Waals surface area contributed by atoms with Gasteiger partial charge in [0.2, 0.25) is 0 Å². The van der Waals surface area contributed by atoms with Crippen molar-refractivity contribution in [3.63, 3.8) is 0 Å². The molecule has 2 aromatic carbocycles. The second kappa shape index (κ2) is 6.03. The van der Waals surface area contributed by atoms with Crippen LogP contribution < -0.4 is 10.5 Å². The number of benzene rings is 2. The molecule has 2 rings (SSSR count). The van der Waals surface area contributed by atoms with E-state index < -0.39 is 0 Å². The van der Waals surface area contributed by atoms with E-state index in [1.54, 1.807) is 18.9 Å². The number of ether oxygens (including phenoxy) is 1. The zero-order valence-electron chi connectivity index (χ0n) is 10.0. The van der Waals surface area contributed by atoms with Gasteiger partial charge in [-0.15, -0.1) is 11.8 Å². The minimum absolute atomic E-state index is 0.707. The lowest BCUT2D eigenvalue weighted by Gasteiger charge is -2.09. The van der Waals surface area contributed by atoms with Crippen molar-refractivity contribution in [2.24, 2.45) is 0 Å². The van der Waals surface area contributed by atoms with E-state index in [9.17, 15) is 0 Å². The van der Waals surface area contributed by atoms with E-state index in [2.05, 4.69) is 0 Å². The lowest BCUT2D eigenvalue weighted by molar-refractivity contribution is 0.411. The molecular weight excluding hydrogens is 266 g/mol. The molecule has 0 fully saturated rings. The third kappa shape index (κ3) is 3.12. The van der Waals surface area contributed by atoms with Gasteiger partial charge in [0.15, 0.2) is 0 Å². The van der Waals surface area contributed by atoms with E-state index in [1.807, 2.05) is 42.5 Å². The van der Waals surface area contributed by atoms with Crippen LogP contribution in [0.4, 0.5) is 5.69 Å². The van der Waals surface area contributed by atoms with Gasteiger partial charge in [0, 0.05) is 28.0 Å². The summed E-state index contributed by atoms with van der Waals surface area (Å²) in [5, 5.41) is 0.775. The molecule has 18 heavy (non-hydrogen) atoms. The second-order valence-electron chi connectivity index (χ2n) is 3.79. The molecule has 0 aliphatic carbocycles. The van der Waals surface area contributed by atoms with Crippen molar-refractivity contribution in [2.45, 2.75) is 10.6 Å². The molecule has 94 valence electrons. The van der Waals surface area contributed by atoms with Gasteiger partial charge < -0.3 is 10.5 Å². The number of thioether (sulfide) groups is 1. The van der Waals surface area contributed by atoms with Crippen LogP contribution in [0.2, 0.25) is 5.02 Å². The summed E-state index contributed by atoms with van der Waals surface area (Å²) in [4.78, 5) is 1.07. The molecule has 0 atom stereocenters. The number of halogens is 1. The fourth-order valence-electron chi connectivity index (χ4n) is 1.60. The summed E-state index contributed by atoms with van der Waals surface area (Å²) in [7, 11) is 1.65. The third-order valence-electron chi connectivity index (χ3n) is 2.53. The van der Waals surface area contributed by atoms with Crippen LogP contribution >= 0.6 is 23.4 Å². The Labute approximate surface area is 116 Å². The molecule has 0 spiro atoms. The van der Waals surface area contributed by atoms with Crippen molar-refractivity contribution in [3.8, 4) is 5.75 Å². The monoisotopic (exact) mass is 279 g/mol. The quantitative estimate of drug-likeness (QED) is 0.672. The highest BCUT2D eigenvalue weighted by atomic mass is 35.5. The van der Waals surface area contributed by atoms with E-state index in [4.69, 9.17) is 22.1 Å². The van der Waals surface area contributed by atoms with Gasteiger partial charge >= 0.3 is 0 Å². The largest absolute Gasteiger partial charge is 0.496 e. The first-order valence-corrected chi connectivity index (χ1v) is 6.87. The van der Waals surface area contributed by atoms with Gasteiger partial charge in [0.25, 0.3) is 0 Å². The van der Waals surface area contributed by atoms with Gasteiger partial charge in [-0.1, -0.05) is 29.8 Å². The fourth-order valence-corrected chi connectivity index (χ4v) is 2.83. The van der Waals surface area contributed by atoms with Crippen LogP contribution in [0.15, 0.2) is 47.4 Å². The van der Waals surface area contributed by atoms with Crippen molar-refractivity contribution < 1.29 is 4.74 Å². The summed E-state index contributed by atoms with van der Waals surface area (Å²) in [5.74, 6) is 1.61. The van der Waals surface area contributed by atoms with Crippen molar-refractivity contribution >= 4 is 29.1 Å². The normalized spacial score (nSPS) is 10.3. The first kappa shape index (κ1) is 13.1. The molecule has 2 nitrogen and oxygen atoms in total. The fraction of sp³-hybridized carbons (Fsp3) is 0.143. The highest BCUT2D eigenvalue weighted by Crippen LogP contribution is 2.32. The van der Waals surface area contributed by atoms with Crippen molar-refractivity contribution in [2.75, 3.05) is 12.8 Å². The topological polar surface area (TPSA) is 35.2 Å². The lowest BCUT2D eigenvalue weighted by Crippen LogP contribution is -1.93. The molecule has 0 aliphatic heterocycles. The molecule has 0 amide bonds. The molecule has 0 bridgehead atoms. The van der Waals surface area contributed by atoms with Gasteiger partial charge in [-0.25, -0.2) is 0 Å². The number of hydrogen-bond donors (Lipinski definition) is 1. The SMILES string of the molecule is COc1cc(N)ccc1CSc1ccccc1Cl. The number of hydrogen-bond acceptors (Lipinski definition) is 3. The van der Waals surface area contributed by atoms with E-state index in [0.29, 0.717) is 5.69 Å². The Morgan fingerprint density at radius 2 is 2.00 bits per heavy atom. The van der Waals surface area contributed by atoms with Crippen LogP contribution in [0.1, 0.15) is 5.56 Å². The Balaban J connectivity index is 2.13. The van der Waals surface area contributed by atoms with Crippen LogP contribution in [0.5, 0.6) is 5.75 Å². The average molecular weight is 280 g/mol. The summed E-state index contributed by atoms with van der Waals surface area (Å²) in [6.45, 7) is 0. The maximum absolute atomic E-state index is 6.12. The zero-order valence-corrected chi connectivity index (χ0v) is 11.6. The van der Waals surface area contributed by atoms with Gasteiger partial charge in [-0.3, -0.25) is 0 Å². The Hall–Kier alpha value is -1.32.